The summed E-state index contributed by atoms with van der Waals surface area (Å²) in [5.41, 5.74) is 2.84. The van der Waals surface area contributed by atoms with Crippen molar-refractivity contribution < 1.29 is 14.7 Å². The van der Waals surface area contributed by atoms with Crippen molar-refractivity contribution in [1.29, 1.82) is 0 Å². The molecule has 1 saturated heterocycles. The molecule has 1 amide bonds. The van der Waals surface area contributed by atoms with E-state index >= 15 is 0 Å². The van der Waals surface area contributed by atoms with Gasteiger partial charge >= 0.3 is 5.97 Å². The Balaban J connectivity index is 1.48. The van der Waals surface area contributed by atoms with E-state index in [9.17, 15) is 9.59 Å². The predicted octanol–water partition coefficient (Wildman–Crippen LogP) is 3.59. The molecule has 1 fully saturated rings. The van der Waals surface area contributed by atoms with E-state index in [1.54, 1.807) is 29.2 Å². The molecule has 1 N–H and O–H groups in total. The van der Waals surface area contributed by atoms with Gasteiger partial charge in [0.1, 0.15) is 0 Å². The van der Waals surface area contributed by atoms with Gasteiger partial charge in [0.2, 0.25) is 0 Å². The zero-order chi connectivity index (χ0) is 19.5. The number of hydrogen-bond acceptors (Lipinski definition) is 3. The van der Waals surface area contributed by atoms with Crippen LogP contribution in [-0.4, -0.2) is 44.8 Å². The second-order valence-electron chi connectivity index (χ2n) is 7.03. The van der Waals surface area contributed by atoms with Crippen molar-refractivity contribution in [3.8, 4) is 5.69 Å². The summed E-state index contributed by atoms with van der Waals surface area (Å²) in [5, 5.41) is 13.4. The second kappa shape index (κ2) is 7.68. The van der Waals surface area contributed by atoms with Crippen molar-refractivity contribution in [3.63, 3.8) is 0 Å². The monoisotopic (exact) mass is 375 g/mol. The minimum absolute atomic E-state index is 0.0194. The average Bonchev–Trinajstić information content (AvgIpc) is 3.24. The first kappa shape index (κ1) is 18.0. The zero-order valence-corrected chi connectivity index (χ0v) is 15.4. The summed E-state index contributed by atoms with van der Waals surface area (Å²) in [6.07, 6.45) is 5.28. The number of carboxylic acid groups (broad SMARTS) is 1. The number of carbonyl (C=O) groups is 2. The van der Waals surface area contributed by atoms with Crippen molar-refractivity contribution in [2.24, 2.45) is 0 Å². The summed E-state index contributed by atoms with van der Waals surface area (Å²) in [7, 11) is 0. The number of hydrogen-bond donors (Lipinski definition) is 1. The van der Waals surface area contributed by atoms with Crippen molar-refractivity contribution in [1.82, 2.24) is 14.7 Å². The standard InChI is InChI=1S/C22H21N3O3/c26-21(19-13-23-25(15-19)20-6-2-1-3-7-20)24-12-4-5-18(14-24)16-8-10-17(11-9-16)22(27)28/h1-3,6-11,13,15,18H,4-5,12,14H2,(H,27,28)/t18-/m0/s1. The molecule has 0 radical (unpaired) electrons. The Morgan fingerprint density at radius 2 is 1.75 bits per heavy atom. The van der Waals surface area contributed by atoms with Gasteiger partial charge in [-0.2, -0.15) is 5.10 Å². The van der Waals surface area contributed by atoms with E-state index < -0.39 is 5.97 Å². The summed E-state index contributed by atoms with van der Waals surface area (Å²) >= 11 is 0. The lowest BCUT2D eigenvalue weighted by molar-refractivity contribution is 0.0693. The fourth-order valence-electron chi connectivity index (χ4n) is 3.67. The van der Waals surface area contributed by atoms with E-state index in [2.05, 4.69) is 5.10 Å². The normalized spacial score (nSPS) is 16.7. The summed E-state index contributed by atoms with van der Waals surface area (Å²) in [6, 6.07) is 16.7. The van der Waals surface area contributed by atoms with Gasteiger partial charge in [-0.3, -0.25) is 4.79 Å². The van der Waals surface area contributed by atoms with Gasteiger partial charge in [-0.25, -0.2) is 9.48 Å². The molecule has 2 aromatic carbocycles. The van der Waals surface area contributed by atoms with Gasteiger partial charge in [-0.1, -0.05) is 30.3 Å². The number of likely N-dealkylation sites (tertiary alicyclic amines) is 1. The highest BCUT2D eigenvalue weighted by atomic mass is 16.4. The van der Waals surface area contributed by atoms with Gasteiger partial charge in [0.15, 0.2) is 0 Å². The minimum Gasteiger partial charge on any atom is -0.478 e. The molecule has 6 nitrogen and oxygen atoms in total. The quantitative estimate of drug-likeness (QED) is 0.756. The number of rotatable bonds is 4. The predicted molar refractivity (Wildman–Crippen MR) is 105 cm³/mol. The number of carbonyl (C=O) groups excluding carboxylic acids is 1. The molecule has 1 atom stereocenters. The highest BCUT2D eigenvalue weighted by molar-refractivity contribution is 5.94. The van der Waals surface area contributed by atoms with Gasteiger partial charge in [0, 0.05) is 25.2 Å². The molecule has 1 aliphatic rings. The van der Waals surface area contributed by atoms with E-state index in [0.717, 1.165) is 30.6 Å². The summed E-state index contributed by atoms with van der Waals surface area (Å²) in [6.45, 7) is 1.35. The lowest BCUT2D eigenvalue weighted by atomic mass is 9.90. The van der Waals surface area contributed by atoms with Crippen molar-refractivity contribution in [3.05, 3.63) is 83.7 Å². The molecule has 4 rings (SSSR count). The minimum atomic E-state index is -0.928. The molecule has 0 aliphatic carbocycles. The third kappa shape index (κ3) is 3.67. The van der Waals surface area contributed by atoms with Gasteiger partial charge in [-0.05, 0) is 42.7 Å². The molecule has 1 aliphatic heterocycles. The number of nitrogens with zero attached hydrogens (tertiary/aromatic N) is 3. The summed E-state index contributed by atoms with van der Waals surface area (Å²) < 4.78 is 1.71. The van der Waals surface area contributed by atoms with E-state index in [4.69, 9.17) is 5.11 Å². The first-order valence-electron chi connectivity index (χ1n) is 9.34. The van der Waals surface area contributed by atoms with Crippen LogP contribution in [0.25, 0.3) is 5.69 Å². The Hall–Kier alpha value is -3.41. The second-order valence-corrected chi connectivity index (χ2v) is 7.03. The number of aromatic carboxylic acids is 1. The molecule has 2 heterocycles. The molecule has 0 unspecified atom stereocenters. The number of carboxylic acids is 1. The van der Waals surface area contributed by atoms with Crippen molar-refractivity contribution in [2.45, 2.75) is 18.8 Å². The number of amides is 1. The molecule has 28 heavy (non-hydrogen) atoms. The number of aromatic nitrogens is 2. The van der Waals surface area contributed by atoms with E-state index in [1.807, 2.05) is 47.4 Å². The lowest BCUT2D eigenvalue weighted by Crippen LogP contribution is -2.39. The Morgan fingerprint density at radius 3 is 2.46 bits per heavy atom. The maximum absolute atomic E-state index is 13.0. The van der Waals surface area contributed by atoms with Crippen LogP contribution in [-0.2, 0) is 0 Å². The first-order valence-corrected chi connectivity index (χ1v) is 9.34. The SMILES string of the molecule is O=C(O)c1ccc([C@H]2CCCN(C(=O)c3cnn(-c4ccccc4)c3)C2)cc1. The van der Waals surface area contributed by atoms with Crippen molar-refractivity contribution in [2.75, 3.05) is 13.1 Å². The smallest absolute Gasteiger partial charge is 0.335 e. The summed E-state index contributed by atoms with van der Waals surface area (Å²) in [5.74, 6) is -0.735. The maximum atomic E-state index is 13.0. The third-order valence-electron chi connectivity index (χ3n) is 5.19. The Morgan fingerprint density at radius 1 is 1.00 bits per heavy atom. The molecular weight excluding hydrogens is 354 g/mol. The van der Waals surface area contributed by atoms with E-state index in [-0.39, 0.29) is 17.4 Å². The van der Waals surface area contributed by atoms with Crippen LogP contribution in [0, 0.1) is 0 Å². The largest absolute Gasteiger partial charge is 0.478 e. The molecule has 0 saturated carbocycles. The van der Waals surface area contributed by atoms with Gasteiger partial charge in [0.05, 0.1) is 23.0 Å². The fourth-order valence-corrected chi connectivity index (χ4v) is 3.67. The molecule has 3 aromatic rings. The molecule has 142 valence electrons. The van der Waals surface area contributed by atoms with Gasteiger partial charge in [-0.15, -0.1) is 0 Å². The van der Waals surface area contributed by atoms with Crippen molar-refractivity contribution >= 4 is 11.9 Å². The number of piperidine rings is 1. The Kier molecular flexibility index (Phi) is 4.93. The zero-order valence-electron chi connectivity index (χ0n) is 15.4. The molecule has 1 aromatic heterocycles. The average molecular weight is 375 g/mol. The van der Waals surface area contributed by atoms with Crippen LogP contribution in [0.1, 0.15) is 45.0 Å². The fraction of sp³-hybridized carbons (Fsp3) is 0.227. The van der Waals surface area contributed by atoms with Crippen LogP contribution in [0.3, 0.4) is 0 Å². The van der Waals surface area contributed by atoms with E-state index in [0.29, 0.717) is 12.1 Å². The molecule has 0 bridgehead atoms. The maximum Gasteiger partial charge on any atom is 0.335 e. The number of para-hydroxylation sites is 1. The van der Waals surface area contributed by atoms with Crippen LogP contribution in [0.5, 0.6) is 0 Å². The first-order chi connectivity index (χ1) is 13.6. The van der Waals surface area contributed by atoms with Crippen LogP contribution in [0.4, 0.5) is 0 Å². The van der Waals surface area contributed by atoms with Crippen LogP contribution < -0.4 is 0 Å². The van der Waals surface area contributed by atoms with Crippen LogP contribution >= 0.6 is 0 Å². The van der Waals surface area contributed by atoms with E-state index in [1.165, 1.54) is 0 Å². The highest BCUT2D eigenvalue weighted by Crippen LogP contribution is 2.28. The number of benzene rings is 2. The topological polar surface area (TPSA) is 75.4 Å². The van der Waals surface area contributed by atoms with Crippen LogP contribution in [0.15, 0.2) is 67.0 Å². The summed E-state index contributed by atoms with van der Waals surface area (Å²) in [4.78, 5) is 25.9. The molecular formula is C22H21N3O3. The van der Waals surface area contributed by atoms with Gasteiger partial charge < -0.3 is 10.0 Å². The Bertz CT molecular complexity index is 980. The highest BCUT2D eigenvalue weighted by Gasteiger charge is 2.26. The third-order valence-corrected chi connectivity index (χ3v) is 5.19. The molecule has 6 heteroatoms. The van der Waals surface area contributed by atoms with Crippen LogP contribution in [0.2, 0.25) is 0 Å². The lowest BCUT2D eigenvalue weighted by Gasteiger charge is -2.33. The van der Waals surface area contributed by atoms with Gasteiger partial charge in [0.25, 0.3) is 5.91 Å². The molecule has 0 spiro atoms. The Labute approximate surface area is 163 Å².